The van der Waals surface area contributed by atoms with E-state index >= 15 is 0 Å². The molecule has 1 N–H and O–H groups in total. The molecular weight excluding hydrogens is 448 g/mol. The molecule has 1 amide bonds. The summed E-state index contributed by atoms with van der Waals surface area (Å²) >= 11 is 0. The van der Waals surface area contributed by atoms with E-state index in [9.17, 15) is 13.2 Å². The number of nitrogens with one attached hydrogen (secondary N) is 1. The fourth-order valence-electron chi connectivity index (χ4n) is 4.01. The normalized spacial score (nSPS) is 14.9. The molecule has 0 bridgehead atoms. The lowest BCUT2D eigenvalue weighted by atomic mass is 10.1. The minimum Gasteiger partial charge on any atom is -0.489 e. The highest BCUT2D eigenvalue weighted by atomic mass is 32.2. The number of ether oxygens (including phenoxy) is 1. The van der Waals surface area contributed by atoms with Crippen molar-refractivity contribution in [3.63, 3.8) is 0 Å². The number of sulfonamides is 1. The fraction of sp³-hybridized carbons (Fsp3) is 0.296. The van der Waals surface area contributed by atoms with Crippen molar-refractivity contribution in [2.45, 2.75) is 44.1 Å². The summed E-state index contributed by atoms with van der Waals surface area (Å²) in [6, 6.07) is 21.8. The number of carbonyl (C=O) groups excluding carboxylic acids is 1. The highest BCUT2D eigenvalue weighted by Gasteiger charge is 2.26. The van der Waals surface area contributed by atoms with Crippen LogP contribution in [-0.2, 0) is 16.6 Å². The quantitative estimate of drug-likeness (QED) is 0.494. The van der Waals surface area contributed by atoms with Crippen LogP contribution in [0.4, 0.5) is 5.69 Å². The Morgan fingerprint density at radius 3 is 2.26 bits per heavy atom. The van der Waals surface area contributed by atoms with Gasteiger partial charge in [0.15, 0.2) is 0 Å². The van der Waals surface area contributed by atoms with Gasteiger partial charge in [0.2, 0.25) is 10.0 Å². The maximum atomic E-state index is 13.2. The van der Waals surface area contributed by atoms with Gasteiger partial charge in [0.1, 0.15) is 12.4 Å². The van der Waals surface area contributed by atoms with Gasteiger partial charge in [-0.25, -0.2) is 8.42 Å². The lowest BCUT2D eigenvalue weighted by molar-refractivity contribution is 0.102. The van der Waals surface area contributed by atoms with Crippen LogP contribution in [0.3, 0.4) is 0 Å². The third-order valence-electron chi connectivity index (χ3n) is 6.02. The first-order chi connectivity index (χ1) is 16.4. The summed E-state index contributed by atoms with van der Waals surface area (Å²) in [5.41, 5.74) is 2.75. The molecule has 0 radical (unpaired) electrons. The molecule has 6 nitrogen and oxygen atoms in total. The predicted octanol–water partition coefficient (Wildman–Crippen LogP) is 5.39. The highest BCUT2D eigenvalue weighted by Crippen LogP contribution is 2.24. The Kier molecular flexibility index (Phi) is 7.65. The second-order valence-corrected chi connectivity index (χ2v) is 10.5. The lowest BCUT2D eigenvalue weighted by Gasteiger charge is -2.20. The minimum absolute atomic E-state index is 0.162. The SMILES string of the molecule is Cc1ccc(S(=O)(=O)N2CCCCCC2)cc1C(=O)Nc1ccc(OCc2ccccc2)cc1. The van der Waals surface area contributed by atoms with Crippen molar-refractivity contribution in [3.05, 3.63) is 89.5 Å². The zero-order chi connectivity index (χ0) is 24.0. The average Bonchev–Trinajstić information content (AvgIpc) is 3.15. The summed E-state index contributed by atoms with van der Waals surface area (Å²) in [6.45, 7) is 3.31. The maximum absolute atomic E-state index is 13.2. The monoisotopic (exact) mass is 478 g/mol. The van der Waals surface area contributed by atoms with Crippen LogP contribution in [0.2, 0.25) is 0 Å². The highest BCUT2D eigenvalue weighted by molar-refractivity contribution is 7.89. The zero-order valence-corrected chi connectivity index (χ0v) is 20.2. The Labute approximate surface area is 201 Å². The van der Waals surface area contributed by atoms with E-state index in [4.69, 9.17) is 4.74 Å². The first-order valence-corrected chi connectivity index (χ1v) is 13.1. The van der Waals surface area contributed by atoms with Gasteiger partial charge >= 0.3 is 0 Å². The molecule has 3 aromatic carbocycles. The van der Waals surface area contributed by atoms with Crippen molar-refractivity contribution in [1.82, 2.24) is 4.31 Å². The van der Waals surface area contributed by atoms with Crippen LogP contribution in [-0.4, -0.2) is 31.7 Å². The number of anilines is 1. The molecule has 0 unspecified atom stereocenters. The Bertz CT molecular complexity index is 1220. The number of amides is 1. The maximum Gasteiger partial charge on any atom is 0.255 e. The van der Waals surface area contributed by atoms with Crippen molar-refractivity contribution in [2.75, 3.05) is 18.4 Å². The molecular formula is C27H30N2O4S. The molecule has 1 aliphatic heterocycles. The molecule has 4 rings (SSSR count). The van der Waals surface area contributed by atoms with Crippen LogP contribution in [0, 0.1) is 6.92 Å². The number of benzene rings is 3. The van der Waals surface area contributed by atoms with E-state index in [1.807, 2.05) is 30.3 Å². The van der Waals surface area contributed by atoms with Gasteiger partial charge in [0, 0.05) is 24.3 Å². The van der Waals surface area contributed by atoms with Crippen molar-refractivity contribution < 1.29 is 17.9 Å². The van der Waals surface area contributed by atoms with Crippen molar-refractivity contribution in [2.24, 2.45) is 0 Å². The summed E-state index contributed by atoms with van der Waals surface area (Å²) in [4.78, 5) is 13.2. The molecule has 7 heteroatoms. The Balaban J connectivity index is 1.44. The summed E-state index contributed by atoms with van der Waals surface area (Å²) in [5.74, 6) is 0.354. The van der Waals surface area contributed by atoms with E-state index in [1.54, 1.807) is 47.6 Å². The second-order valence-electron chi connectivity index (χ2n) is 8.55. The van der Waals surface area contributed by atoms with Gasteiger partial charge in [0.25, 0.3) is 5.91 Å². The third kappa shape index (κ3) is 5.85. The molecule has 1 fully saturated rings. The van der Waals surface area contributed by atoms with Gasteiger partial charge in [-0.2, -0.15) is 4.31 Å². The molecule has 0 spiro atoms. The summed E-state index contributed by atoms with van der Waals surface area (Å²) < 4.78 is 33.7. The van der Waals surface area contributed by atoms with E-state index in [-0.39, 0.29) is 10.8 Å². The Hall–Kier alpha value is -3.16. The van der Waals surface area contributed by atoms with E-state index < -0.39 is 10.0 Å². The zero-order valence-electron chi connectivity index (χ0n) is 19.4. The summed E-state index contributed by atoms with van der Waals surface area (Å²) in [7, 11) is -3.63. The van der Waals surface area contributed by atoms with Crippen molar-refractivity contribution in [1.29, 1.82) is 0 Å². The summed E-state index contributed by atoms with van der Waals surface area (Å²) in [5, 5.41) is 2.87. The van der Waals surface area contributed by atoms with Crippen LogP contribution >= 0.6 is 0 Å². The number of hydrogen-bond donors (Lipinski definition) is 1. The van der Waals surface area contributed by atoms with E-state index in [1.165, 1.54) is 6.07 Å². The average molecular weight is 479 g/mol. The Morgan fingerprint density at radius 1 is 0.912 bits per heavy atom. The molecule has 1 heterocycles. The van der Waals surface area contributed by atoms with Gasteiger partial charge in [-0.15, -0.1) is 0 Å². The first-order valence-electron chi connectivity index (χ1n) is 11.6. The fourth-order valence-corrected chi connectivity index (χ4v) is 5.55. The van der Waals surface area contributed by atoms with Gasteiger partial charge in [-0.1, -0.05) is 49.2 Å². The van der Waals surface area contributed by atoms with Gasteiger partial charge in [-0.05, 0) is 67.3 Å². The van der Waals surface area contributed by atoms with Gasteiger partial charge in [0.05, 0.1) is 4.90 Å². The van der Waals surface area contributed by atoms with E-state index in [0.29, 0.717) is 36.7 Å². The van der Waals surface area contributed by atoms with Crippen LogP contribution in [0.25, 0.3) is 0 Å². The second kappa shape index (κ2) is 10.8. The predicted molar refractivity (Wildman–Crippen MR) is 134 cm³/mol. The number of carbonyl (C=O) groups is 1. The molecule has 3 aromatic rings. The third-order valence-corrected chi connectivity index (χ3v) is 7.91. The number of nitrogens with zero attached hydrogens (tertiary/aromatic N) is 1. The standard InChI is InChI=1S/C27H30N2O4S/c1-21-11-16-25(34(31,32)29-17-7-2-3-8-18-29)19-26(21)27(30)28-23-12-14-24(15-13-23)33-20-22-9-5-4-6-10-22/h4-6,9-16,19H,2-3,7-8,17-18,20H2,1H3,(H,28,30). The molecule has 1 saturated heterocycles. The first kappa shape index (κ1) is 24.0. The summed E-state index contributed by atoms with van der Waals surface area (Å²) in [6.07, 6.45) is 3.82. The number of aryl methyl sites for hydroxylation is 1. The van der Waals surface area contributed by atoms with Crippen LogP contribution < -0.4 is 10.1 Å². The molecule has 0 aromatic heterocycles. The molecule has 178 valence electrons. The van der Waals surface area contributed by atoms with E-state index in [0.717, 1.165) is 36.8 Å². The van der Waals surface area contributed by atoms with Gasteiger partial charge < -0.3 is 10.1 Å². The Morgan fingerprint density at radius 2 is 1.59 bits per heavy atom. The van der Waals surface area contributed by atoms with Crippen LogP contribution in [0.5, 0.6) is 5.75 Å². The number of hydrogen-bond acceptors (Lipinski definition) is 4. The van der Waals surface area contributed by atoms with E-state index in [2.05, 4.69) is 5.32 Å². The number of rotatable bonds is 7. The smallest absolute Gasteiger partial charge is 0.255 e. The van der Waals surface area contributed by atoms with Crippen LogP contribution in [0.1, 0.15) is 47.2 Å². The molecule has 0 saturated carbocycles. The van der Waals surface area contributed by atoms with Crippen LogP contribution in [0.15, 0.2) is 77.7 Å². The largest absolute Gasteiger partial charge is 0.489 e. The molecule has 0 aliphatic carbocycles. The van der Waals surface area contributed by atoms with Crippen molar-refractivity contribution >= 4 is 21.6 Å². The molecule has 0 atom stereocenters. The topological polar surface area (TPSA) is 75.7 Å². The van der Waals surface area contributed by atoms with Crippen molar-refractivity contribution in [3.8, 4) is 5.75 Å². The minimum atomic E-state index is -3.63. The molecule has 34 heavy (non-hydrogen) atoms. The lowest BCUT2D eigenvalue weighted by Crippen LogP contribution is -2.32. The molecule has 1 aliphatic rings. The van der Waals surface area contributed by atoms with Gasteiger partial charge in [-0.3, -0.25) is 4.79 Å².